The maximum absolute atomic E-state index is 11.8. The Morgan fingerprint density at radius 2 is 2.22 bits per heavy atom. The molecule has 120 valence electrons. The van der Waals surface area contributed by atoms with Crippen LogP contribution in [0.3, 0.4) is 0 Å². The predicted molar refractivity (Wildman–Crippen MR) is 98.3 cm³/mol. The van der Waals surface area contributed by atoms with Gasteiger partial charge in [0.25, 0.3) is 0 Å². The van der Waals surface area contributed by atoms with Crippen LogP contribution in [0.1, 0.15) is 18.7 Å². The average molecular weight is 442 g/mol. The summed E-state index contributed by atoms with van der Waals surface area (Å²) in [5.74, 6) is 2.00. The van der Waals surface area contributed by atoms with Gasteiger partial charge in [0, 0.05) is 22.2 Å². The van der Waals surface area contributed by atoms with Crippen molar-refractivity contribution in [1.82, 2.24) is 15.5 Å². The lowest BCUT2D eigenvalue weighted by molar-refractivity contribution is -0.119. The summed E-state index contributed by atoms with van der Waals surface area (Å²) < 4.78 is 6.74. The molecule has 1 amide bonds. The molecule has 0 atom stereocenters. The van der Waals surface area contributed by atoms with Crippen molar-refractivity contribution in [3.8, 4) is 11.5 Å². The first-order valence-corrected chi connectivity index (χ1v) is 9.33. The quantitative estimate of drug-likeness (QED) is 0.721. The van der Waals surface area contributed by atoms with Gasteiger partial charge >= 0.3 is 0 Å². The Kier molecular flexibility index (Phi) is 5.65. The Morgan fingerprint density at radius 3 is 3.00 bits per heavy atom. The van der Waals surface area contributed by atoms with E-state index in [1.165, 1.54) is 0 Å². The van der Waals surface area contributed by atoms with Crippen LogP contribution >= 0.6 is 34.4 Å². The molecule has 1 aromatic carbocycles. The minimum absolute atomic E-state index is 0.0181. The maximum atomic E-state index is 11.8. The molecule has 0 spiro atoms. The van der Waals surface area contributed by atoms with Crippen molar-refractivity contribution < 1.29 is 9.21 Å². The number of hydrogen-bond acceptors (Lipinski definition) is 6. The molecule has 1 aliphatic rings. The molecule has 0 saturated heterocycles. The second-order valence-corrected chi connectivity index (χ2v) is 7.16. The van der Waals surface area contributed by atoms with Crippen molar-refractivity contribution in [3.63, 3.8) is 0 Å². The summed E-state index contributed by atoms with van der Waals surface area (Å²) in [6.45, 7) is 0.781. The summed E-state index contributed by atoms with van der Waals surface area (Å²) in [5.41, 5.74) is 0.931. The summed E-state index contributed by atoms with van der Waals surface area (Å²) in [7, 11) is 0. The van der Waals surface area contributed by atoms with Gasteiger partial charge in [-0.15, -0.1) is 10.2 Å². The second-order valence-electron chi connectivity index (χ2n) is 4.92. The highest BCUT2D eigenvalue weighted by Gasteiger charge is 2.13. The number of aromatic nitrogens is 2. The summed E-state index contributed by atoms with van der Waals surface area (Å²) in [5, 5.41) is 11.7. The highest BCUT2D eigenvalue weighted by atomic mass is 127. The number of aryl methyl sites for hydroxylation is 1. The van der Waals surface area contributed by atoms with E-state index in [4.69, 9.17) is 4.42 Å². The van der Waals surface area contributed by atoms with Gasteiger partial charge in [0.05, 0.1) is 12.1 Å². The first kappa shape index (κ1) is 16.4. The molecule has 2 heterocycles. The molecular formula is C15H15IN4O2S. The van der Waals surface area contributed by atoms with Gasteiger partial charge in [0.2, 0.25) is 17.7 Å². The zero-order valence-corrected chi connectivity index (χ0v) is 15.3. The minimum Gasteiger partial charge on any atom is -0.421 e. The smallest absolute Gasteiger partial charge is 0.248 e. The molecule has 0 aliphatic carbocycles. The van der Waals surface area contributed by atoms with Crippen LogP contribution in [0.2, 0.25) is 0 Å². The van der Waals surface area contributed by atoms with Crippen LogP contribution in [0, 0.1) is 3.57 Å². The largest absolute Gasteiger partial charge is 0.421 e. The van der Waals surface area contributed by atoms with Gasteiger partial charge in [-0.3, -0.25) is 9.79 Å². The number of halogens is 1. The van der Waals surface area contributed by atoms with Gasteiger partial charge in [0.1, 0.15) is 0 Å². The highest BCUT2D eigenvalue weighted by Crippen LogP contribution is 2.23. The third kappa shape index (κ3) is 4.54. The van der Waals surface area contributed by atoms with E-state index in [0.717, 1.165) is 26.6 Å². The molecule has 0 bridgehead atoms. The third-order valence-electron chi connectivity index (χ3n) is 3.20. The van der Waals surface area contributed by atoms with Crippen LogP contribution in [0.15, 0.2) is 33.7 Å². The van der Waals surface area contributed by atoms with Gasteiger partial charge < -0.3 is 9.73 Å². The number of carbonyl (C=O) groups excluding carboxylic acids is 1. The molecule has 23 heavy (non-hydrogen) atoms. The van der Waals surface area contributed by atoms with Crippen molar-refractivity contribution in [1.29, 1.82) is 0 Å². The van der Waals surface area contributed by atoms with Crippen LogP contribution in [0.25, 0.3) is 11.5 Å². The summed E-state index contributed by atoms with van der Waals surface area (Å²) >= 11 is 3.82. The van der Waals surface area contributed by atoms with Gasteiger partial charge in [-0.25, -0.2) is 0 Å². The summed E-state index contributed by atoms with van der Waals surface area (Å²) in [6, 6.07) is 7.85. The van der Waals surface area contributed by atoms with Crippen LogP contribution in [0.5, 0.6) is 0 Å². The molecule has 1 aromatic heterocycles. The van der Waals surface area contributed by atoms with E-state index in [-0.39, 0.29) is 5.91 Å². The van der Waals surface area contributed by atoms with E-state index >= 15 is 0 Å². The molecule has 1 aliphatic heterocycles. The van der Waals surface area contributed by atoms with E-state index in [1.54, 1.807) is 11.8 Å². The Balaban J connectivity index is 1.50. The number of hydrogen-bond donors (Lipinski definition) is 1. The average Bonchev–Trinajstić information content (AvgIpc) is 3.20. The van der Waals surface area contributed by atoms with E-state index < -0.39 is 0 Å². The van der Waals surface area contributed by atoms with E-state index in [1.807, 2.05) is 24.3 Å². The molecule has 0 unspecified atom stereocenters. The molecule has 0 radical (unpaired) electrons. The SMILES string of the molecule is O=C(CCCc1nnc(-c2ccccc2I)o1)NC1=NCCS1. The van der Waals surface area contributed by atoms with Crippen molar-refractivity contribution in [2.45, 2.75) is 19.3 Å². The lowest BCUT2D eigenvalue weighted by atomic mass is 10.2. The van der Waals surface area contributed by atoms with Crippen molar-refractivity contribution in [2.24, 2.45) is 4.99 Å². The Hall–Kier alpha value is -1.42. The molecule has 3 rings (SSSR count). The van der Waals surface area contributed by atoms with Gasteiger partial charge in [-0.1, -0.05) is 23.9 Å². The fourth-order valence-corrected chi connectivity index (χ4v) is 3.45. The van der Waals surface area contributed by atoms with Crippen molar-refractivity contribution in [2.75, 3.05) is 12.3 Å². The van der Waals surface area contributed by atoms with Crippen LogP contribution < -0.4 is 5.32 Å². The fourth-order valence-electron chi connectivity index (χ4n) is 2.09. The summed E-state index contributed by atoms with van der Waals surface area (Å²) in [6.07, 6.45) is 1.67. The van der Waals surface area contributed by atoms with E-state index in [9.17, 15) is 4.79 Å². The number of carbonyl (C=O) groups is 1. The highest BCUT2D eigenvalue weighted by molar-refractivity contribution is 14.1. The maximum Gasteiger partial charge on any atom is 0.248 e. The summed E-state index contributed by atoms with van der Waals surface area (Å²) in [4.78, 5) is 16.0. The first-order chi connectivity index (χ1) is 11.2. The normalized spacial score (nSPS) is 13.9. The zero-order chi connectivity index (χ0) is 16.1. The Bertz CT molecular complexity index is 732. The Morgan fingerprint density at radius 1 is 1.35 bits per heavy atom. The number of nitrogens with zero attached hydrogens (tertiary/aromatic N) is 3. The zero-order valence-electron chi connectivity index (χ0n) is 12.3. The Labute approximate surface area is 151 Å². The van der Waals surface area contributed by atoms with Crippen LogP contribution in [-0.4, -0.2) is 33.6 Å². The first-order valence-electron chi connectivity index (χ1n) is 7.27. The number of amides is 1. The number of thioether (sulfide) groups is 1. The lowest BCUT2D eigenvalue weighted by Crippen LogP contribution is -2.27. The monoisotopic (exact) mass is 442 g/mol. The van der Waals surface area contributed by atoms with Crippen molar-refractivity contribution >= 4 is 45.4 Å². The van der Waals surface area contributed by atoms with Gasteiger partial charge in [-0.05, 0) is 41.1 Å². The predicted octanol–water partition coefficient (Wildman–Crippen LogP) is 2.88. The molecule has 1 N–H and O–H groups in total. The third-order valence-corrected chi connectivity index (χ3v) is 5.03. The van der Waals surface area contributed by atoms with E-state index in [2.05, 4.69) is 43.1 Å². The molecule has 8 heteroatoms. The van der Waals surface area contributed by atoms with Crippen LogP contribution in [0.4, 0.5) is 0 Å². The fraction of sp³-hybridized carbons (Fsp3) is 0.333. The standard InChI is InChI=1S/C15H15IN4O2S/c16-11-5-2-1-4-10(11)14-20-19-13(22-14)7-3-6-12(21)18-15-17-8-9-23-15/h1-2,4-5H,3,6-9H2,(H,17,18,21). The topological polar surface area (TPSA) is 80.4 Å². The lowest BCUT2D eigenvalue weighted by Gasteiger charge is -2.02. The molecule has 0 saturated carbocycles. The van der Waals surface area contributed by atoms with Crippen LogP contribution in [-0.2, 0) is 11.2 Å². The van der Waals surface area contributed by atoms with Gasteiger partial charge in [0.15, 0.2) is 5.17 Å². The molecule has 6 nitrogen and oxygen atoms in total. The number of aliphatic imine (C=N–C) groups is 1. The number of nitrogens with one attached hydrogen (secondary N) is 1. The van der Waals surface area contributed by atoms with Gasteiger partial charge in [-0.2, -0.15) is 0 Å². The number of rotatable bonds is 5. The number of benzene rings is 1. The van der Waals surface area contributed by atoms with Crippen molar-refractivity contribution in [3.05, 3.63) is 33.7 Å². The number of amidine groups is 1. The minimum atomic E-state index is -0.0181. The molecule has 0 fully saturated rings. The van der Waals surface area contributed by atoms with E-state index in [0.29, 0.717) is 31.0 Å². The molecule has 2 aromatic rings. The molecular weight excluding hydrogens is 427 g/mol. The second kappa shape index (κ2) is 7.91.